The summed E-state index contributed by atoms with van der Waals surface area (Å²) in [6, 6.07) is 0. The Balaban J connectivity index is -0.000000190. The fourth-order valence-electron chi connectivity index (χ4n) is 4.05. The molecule has 3 heteroatoms. The van der Waals surface area contributed by atoms with E-state index >= 15 is 0 Å². The molecule has 0 amide bonds. The fraction of sp³-hybridized carbons (Fsp3) is 1.00. The third-order valence-corrected chi connectivity index (χ3v) is 6.73. The summed E-state index contributed by atoms with van der Waals surface area (Å²) < 4.78 is 0. The van der Waals surface area contributed by atoms with Crippen molar-refractivity contribution in [1.82, 2.24) is 0 Å². The summed E-state index contributed by atoms with van der Waals surface area (Å²) in [7, 11) is 0. The molecule has 0 spiro atoms. The predicted molar refractivity (Wildman–Crippen MR) is 165 cm³/mol. The molecule has 0 aliphatic heterocycles. The maximum absolute atomic E-state index is 8.66. The maximum Gasteiger partial charge on any atom is 0.0531 e. The van der Waals surface area contributed by atoms with Crippen LogP contribution in [0.1, 0.15) is 156 Å². The molecule has 0 aromatic heterocycles. The van der Waals surface area contributed by atoms with Crippen molar-refractivity contribution in [2.24, 2.45) is 39.4 Å². The number of rotatable bonds is 10. The molecule has 0 aliphatic carbocycles. The van der Waals surface area contributed by atoms with E-state index in [-0.39, 0.29) is 19.8 Å². The SMILES string of the molecule is CCC(C)CC(C)(C)C.CCC(C)CC(C)(C)C.CCC(C)CC(C)(C)C.CCC(CO)(CO)CO. The van der Waals surface area contributed by atoms with Gasteiger partial charge in [0, 0.05) is 5.41 Å². The molecular formula is C33H74O3. The van der Waals surface area contributed by atoms with Gasteiger partial charge in [-0.3, -0.25) is 0 Å². The maximum atomic E-state index is 8.66. The molecule has 0 fully saturated rings. The lowest BCUT2D eigenvalue weighted by molar-refractivity contribution is 0.00304. The van der Waals surface area contributed by atoms with Crippen LogP contribution in [0.5, 0.6) is 0 Å². The molecular weight excluding hydrogens is 444 g/mol. The standard InChI is InChI=1S/3C9H20.C6H14O3/c3*1-6-8(2)7-9(3,4)5;1-2-6(3-7,4-8)5-9/h3*8H,6-7H2,1-5H3;7-9H,2-5H2,1H3. The van der Waals surface area contributed by atoms with Crippen molar-refractivity contribution in [2.45, 2.75) is 156 Å². The number of aliphatic hydroxyl groups excluding tert-OH is 3. The van der Waals surface area contributed by atoms with Gasteiger partial charge in [-0.1, -0.05) is 130 Å². The molecule has 0 radical (unpaired) electrons. The second-order valence-electron chi connectivity index (χ2n) is 15.2. The lowest BCUT2D eigenvalue weighted by Gasteiger charge is -2.24. The van der Waals surface area contributed by atoms with Crippen molar-refractivity contribution in [3.05, 3.63) is 0 Å². The van der Waals surface area contributed by atoms with Gasteiger partial charge < -0.3 is 15.3 Å². The van der Waals surface area contributed by atoms with Gasteiger partial charge in [0.2, 0.25) is 0 Å². The molecule has 0 aliphatic rings. The Kier molecular flexibility index (Phi) is 26.0. The van der Waals surface area contributed by atoms with E-state index < -0.39 is 5.41 Å². The molecule has 36 heavy (non-hydrogen) atoms. The molecule has 0 aromatic carbocycles. The van der Waals surface area contributed by atoms with Crippen LogP contribution < -0.4 is 0 Å². The summed E-state index contributed by atoms with van der Waals surface area (Å²) in [5, 5.41) is 26.0. The zero-order valence-electron chi connectivity index (χ0n) is 28.1. The van der Waals surface area contributed by atoms with Crippen LogP contribution >= 0.6 is 0 Å². The Labute approximate surface area is 230 Å². The largest absolute Gasteiger partial charge is 0.396 e. The van der Waals surface area contributed by atoms with Crippen LogP contribution in [-0.4, -0.2) is 35.1 Å². The highest BCUT2D eigenvalue weighted by Gasteiger charge is 2.25. The molecule has 0 bridgehead atoms. The minimum Gasteiger partial charge on any atom is -0.396 e. The first-order chi connectivity index (χ1) is 16.1. The fourth-order valence-corrected chi connectivity index (χ4v) is 4.05. The molecule has 0 saturated carbocycles. The van der Waals surface area contributed by atoms with Crippen LogP contribution in [0.25, 0.3) is 0 Å². The van der Waals surface area contributed by atoms with E-state index in [1.54, 1.807) is 0 Å². The van der Waals surface area contributed by atoms with Crippen LogP contribution in [0.2, 0.25) is 0 Å². The molecule has 0 aromatic rings. The summed E-state index contributed by atoms with van der Waals surface area (Å²) in [6.07, 6.45) is 8.60. The average Bonchev–Trinajstić information content (AvgIpc) is 2.73. The average molecular weight is 519 g/mol. The predicted octanol–water partition coefficient (Wildman–Crippen LogP) is 9.77. The lowest BCUT2D eigenvalue weighted by atomic mass is 9.84. The van der Waals surface area contributed by atoms with Gasteiger partial charge in [-0.25, -0.2) is 0 Å². The first-order valence-electron chi connectivity index (χ1n) is 14.9. The highest BCUT2D eigenvalue weighted by Crippen LogP contribution is 2.26. The Morgan fingerprint density at radius 1 is 0.444 bits per heavy atom. The highest BCUT2D eigenvalue weighted by atomic mass is 16.3. The summed E-state index contributed by atoms with van der Waals surface area (Å²) in [4.78, 5) is 0. The molecule has 0 saturated heterocycles. The Morgan fingerprint density at radius 2 is 0.639 bits per heavy atom. The van der Waals surface area contributed by atoms with Crippen molar-refractivity contribution < 1.29 is 15.3 Å². The topological polar surface area (TPSA) is 60.7 Å². The Hall–Kier alpha value is -0.120. The summed E-state index contributed by atoms with van der Waals surface area (Å²) in [5.41, 5.74) is 0.903. The molecule has 0 heterocycles. The van der Waals surface area contributed by atoms with Gasteiger partial charge in [-0.2, -0.15) is 0 Å². The minimum absolute atomic E-state index is 0.156. The van der Waals surface area contributed by atoms with Crippen molar-refractivity contribution in [3.8, 4) is 0 Å². The molecule has 224 valence electrons. The summed E-state index contributed by atoms with van der Waals surface area (Å²) in [5.74, 6) is 2.68. The van der Waals surface area contributed by atoms with E-state index in [2.05, 4.69) is 104 Å². The smallest absolute Gasteiger partial charge is 0.0531 e. The van der Waals surface area contributed by atoms with Gasteiger partial charge in [0.25, 0.3) is 0 Å². The second kappa shape index (κ2) is 21.8. The van der Waals surface area contributed by atoms with Gasteiger partial charge in [-0.05, 0) is 59.7 Å². The zero-order valence-corrected chi connectivity index (χ0v) is 28.1. The van der Waals surface area contributed by atoms with Crippen molar-refractivity contribution in [3.63, 3.8) is 0 Å². The van der Waals surface area contributed by atoms with Gasteiger partial charge in [-0.15, -0.1) is 0 Å². The minimum atomic E-state index is -0.667. The Morgan fingerprint density at radius 3 is 0.667 bits per heavy atom. The number of hydrogen-bond acceptors (Lipinski definition) is 3. The zero-order chi connectivity index (χ0) is 29.8. The summed E-state index contributed by atoms with van der Waals surface area (Å²) >= 11 is 0. The normalized spacial score (nSPS) is 14.8. The van der Waals surface area contributed by atoms with Crippen LogP contribution in [-0.2, 0) is 0 Å². The van der Waals surface area contributed by atoms with Gasteiger partial charge in [0.15, 0.2) is 0 Å². The molecule has 3 unspecified atom stereocenters. The van der Waals surface area contributed by atoms with Crippen LogP contribution in [0.3, 0.4) is 0 Å². The van der Waals surface area contributed by atoms with E-state index in [1.807, 2.05) is 6.92 Å². The molecule has 3 nitrogen and oxygen atoms in total. The van der Waals surface area contributed by atoms with E-state index in [0.717, 1.165) is 17.8 Å². The van der Waals surface area contributed by atoms with E-state index in [4.69, 9.17) is 15.3 Å². The van der Waals surface area contributed by atoms with Gasteiger partial charge in [0.05, 0.1) is 19.8 Å². The van der Waals surface area contributed by atoms with Crippen LogP contribution in [0, 0.1) is 39.4 Å². The second-order valence-corrected chi connectivity index (χ2v) is 15.2. The third kappa shape index (κ3) is 33.9. The highest BCUT2D eigenvalue weighted by molar-refractivity contribution is 4.74. The summed E-state index contributed by atoms with van der Waals surface area (Å²) in [6.45, 7) is 35.9. The molecule has 3 atom stereocenters. The molecule has 0 rings (SSSR count). The van der Waals surface area contributed by atoms with E-state index in [1.165, 1.54) is 38.5 Å². The molecule has 3 N–H and O–H groups in total. The van der Waals surface area contributed by atoms with Crippen LogP contribution in [0.15, 0.2) is 0 Å². The first-order valence-corrected chi connectivity index (χ1v) is 14.9. The number of hydrogen-bond donors (Lipinski definition) is 3. The van der Waals surface area contributed by atoms with Crippen molar-refractivity contribution >= 4 is 0 Å². The van der Waals surface area contributed by atoms with Crippen molar-refractivity contribution in [2.75, 3.05) is 19.8 Å². The number of aliphatic hydroxyl groups is 3. The van der Waals surface area contributed by atoms with Crippen LogP contribution in [0.4, 0.5) is 0 Å². The van der Waals surface area contributed by atoms with E-state index in [0.29, 0.717) is 22.7 Å². The first kappa shape index (κ1) is 43.0. The van der Waals surface area contributed by atoms with Crippen molar-refractivity contribution in [1.29, 1.82) is 0 Å². The third-order valence-electron chi connectivity index (χ3n) is 6.73. The quantitative estimate of drug-likeness (QED) is 0.270. The van der Waals surface area contributed by atoms with E-state index in [9.17, 15) is 0 Å². The lowest BCUT2D eigenvalue weighted by Crippen LogP contribution is -2.32. The Bertz CT molecular complexity index is 377. The van der Waals surface area contributed by atoms with Gasteiger partial charge in [0.1, 0.15) is 0 Å². The monoisotopic (exact) mass is 519 g/mol. The van der Waals surface area contributed by atoms with Gasteiger partial charge >= 0.3 is 0 Å².